The average molecular weight is 428 g/mol. The molecule has 4 heterocycles. The molecule has 4 aromatic rings. The Morgan fingerprint density at radius 1 is 1.00 bits per heavy atom. The Bertz CT molecular complexity index is 1240. The number of pyridine rings is 1. The summed E-state index contributed by atoms with van der Waals surface area (Å²) in [6.07, 6.45) is 7.84. The maximum absolute atomic E-state index is 5.72. The SMILES string of the molecule is CC(c1ccc(-c2ccc(N)nc2)cc1)(c1noc(-c2cnn(C3COC3)c2)n1)C1CC1. The van der Waals surface area contributed by atoms with Crippen molar-refractivity contribution in [2.45, 2.75) is 31.2 Å². The number of nitrogens with zero attached hydrogens (tertiary/aromatic N) is 5. The summed E-state index contributed by atoms with van der Waals surface area (Å²) < 4.78 is 12.8. The minimum absolute atomic E-state index is 0.289. The Kier molecular flexibility index (Phi) is 4.36. The van der Waals surface area contributed by atoms with Gasteiger partial charge in [-0.2, -0.15) is 10.1 Å². The van der Waals surface area contributed by atoms with Crippen molar-refractivity contribution in [3.8, 4) is 22.6 Å². The summed E-state index contributed by atoms with van der Waals surface area (Å²) in [6.45, 7) is 3.60. The lowest BCUT2D eigenvalue weighted by molar-refractivity contribution is -0.0286. The topological polar surface area (TPSA) is 105 Å². The number of ether oxygens (including phenoxy) is 1. The lowest BCUT2D eigenvalue weighted by Crippen LogP contribution is -2.30. The second-order valence-electron chi connectivity index (χ2n) is 8.85. The number of benzene rings is 1. The Morgan fingerprint density at radius 2 is 1.78 bits per heavy atom. The molecular formula is C24H24N6O2. The molecule has 8 nitrogen and oxygen atoms in total. The monoisotopic (exact) mass is 428 g/mol. The molecule has 3 aromatic heterocycles. The van der Waals surface area contributed by atoms with Crippen LogP contribution in [0.5, 0.6) is 0 Å². The molecule has 1 atom stereocenters. The molecule has 2 fully saturated rings. The van der Waals surface area contributed by atoms with Crippen molar-refractivity contribution >= 4 is 5.82 Å². The highest BCUT2D eigenvalue weighted by molar-refractivity contribution is 5.64. The third-order valence-electron chi connectivity index (χ3n) is 6.73. The first-order valence-electron chi connectivity index (χ1n) is 10.9. The second-order valence-corrected chi connectivity index (χ2v) is 8.85. The molecule has 1 aliphatic heterocycles. The van der Waals surface area contributed by atoms with E-state index in [4.69, 9.17) is 20.0 Å². The summed E-state index contributed by atoms with van der Waals surface area (Å²) >= 11 is 0. The number of aromatic nitrogens is 5. The standard InChI is InChI=1S/C24H24N6O2/c1-24(19-7-8-19,18-5-2-15(3-6-18)16-4-9-21(25)26-10-16)23-28-22(32-29-23)17-11-27-30(12-17)20-13-31-14-20/h2-6,9-12,19-20H,7-8,13-14H2,1H3,(H2,25,26). The molecule has 1 saturated heterocycles. The van der Waals surface area contributed by atoms with Gasteiger partial charge in [-0.25, -0.2) is 4.98 Å². The molecule has 32 heavy (non-hydrogen) atoms. The zero-order chi connectivity index (χ0) is 21.7. The molecule has 0 amide bonds. The van der Waals surface area contributed by atoms with E-state index in [0.717, 1.165) is 35.4 Å². The predicted molar refractivity (Wildman–Crippen MR) is 119 cm³/mol. The van der Waals surface area contributed by atoms with Gasteiger partial charge in [-0.15, -0.1) is 0 Å². The van der Waals surface area contributed by atoms with Crippen LogP contribution in [-0.4, -0.2) is 38.1 Å². The van der Waals surface area contributed by atoms with E-state index in [1.54, 1.807) is 12.4 Å². The molecule has 2 N–H and O–H groups in total. The Hall–Kier alpha value is -3.52. The van der Waals surface area contributed by atoms with E-state index in [9.17, 15) is 0 Å². The van der Waals surface area contributed by atoms with Gasteiger partial charge in [-0.3, -0.25) is 4.68 Å². The van der Waals surface area contributed by atoms with Crippen LogP contribution in [0.2, 0.25) is 0 Å². The van der Waals surface area contributed by atoms with Crippen LogP contribution in [0.25, 0.3) is 22.6 Å². The Morgan fingerprint density at radius 3 is 2.44 bits per heavy atom. The fourth-order valence-electron chi connectivity index (χ4n) is 4.37. The van der Waals surface area contributed by atoms with Crippen LogP contribution in [0, 0.1) is 5.92 Å². The molecule has 1 saturated carbocycles. The van der Waals surface area contributed by atoms with E-state index in [1.165, 1.54) is 5.56 Å². The van der Waals surface area contributed by atoms with Crippen molar-refractivity contribution in [2.75, 3.05) is 18.9 Å². The highest BCUT2D eigenvalue weighted by Crippen LogP contribution is 2.50. The van der Waals surface area contributed by atoms with Crippen LogP contribution < -0.4 is 5.73 Å². The summed E-state index contributed by atoms with van der Waals surface area (Å²) in [5.74, 6) is 2.23. The van der Waals surface area contributed by atoms with Gasteiger partial charge < -0.3 is 15.0 Å². The third-order valence-corrected chi connectivity index (χ3v) is 6.73. The fraction of sp³-hybridized carbons (Fsp3) is 0.333. The first kappa shape index (κ1) is 19.2. The minimum Gasteiger partial charge on any atom is -0.384 e. The van der Waals surface area contributed by atoms with Gasteiger partial charge in [0.1, 0.15) is 5.82 Å². The third kappa shape index (κ3) is 3.18. The van der Waals surface area contributed by atoms with Crippen LogP contribution >= 0.6 is 0 Å². The van der Waals surface area contributed by atoms with Gasteiger partial charge in [0.25, 0.3) is 5.89 Å². The van der Waals surface area contributed by atoms with Gasteiger partial charge in [0, 0.05) is 18.0 Å². The summed E-state index contributed by atoms with van der Waals surface area (Å²) in [6, 6.07) is 12.7. The number of hydrogen-bond acceptors (Lipinski definition) is 7. The molecule has 6 rings (SSSR count). The molecule has 0 bridgehead atoms. The van der Waals surface area contributed by atoms with Crippen LogP contribution in [0.4, 0.5) is 5.82 Å². The molecule has 8 heteroatoms. The summed E-state index contributed by atoms with van der Waals surface area (Å²) in [5, 5.41) is 8.84. The van der Waals surface area contributed by atoms with E-state index >= 15 is 0 Å². The lowest BCUT2D eigenvalue weighted by Gasteiger charge is -2.27. The van der Waals surface area contributed by atoms with Crippen molar-refractivity contribution in [1.29, 1.82) is 0 Å². The molecular weight excluding hydrogens is 404 g/mol. The van der Waals surface area contributed by atoms with Gasteiger partial charge in [0.2, 0.25) is 0 Å². The van der Waals surface area contributed by atoms with Crippen molar-refractivity contribution in [1.82, 2.24) is 24.9 Å². The summed E-state index contributed by atoms with van der Waals surface area (Å²) in [5.41, 5.74) is 9.56. The molecule has 1 unspecified atom stereocenters. The number of hydrogen-bond donors (Lipinski definition) is 1. The molecule has 162 valence electrons. The van der Waals surface area contributed by atoms with Crippen LogP contribution in [-0.2, 0) is 10.2 Å². The summed E-state index contributed by atoms with van der Waals surface area (Å²) in [7, 11) is 0. The number of nitrogens with two attached hydrogens (primary N) is 1. The average Bonchev–Trinajstić information content (AvgIpc) is 3.33. The lowest BCUT2D eigenvalue weighted by atomic mass is 9.76. The maximum atomic E-state index is 5.72. The Labute approximate surface area is 185 Å². The van der Waals surface area contributed by atoms with Gasteiger partial charge in [-0.05, 0) is 48.9 Å². The van der Waals surface area contributed by atoms with E-state index < -0.39 is 0 Å². The molecule has 1 aromatic carbocycles. The van der Waals surface area contributed by atoms with Gasteiger partial charge in [0.15, 0.2) is 5.82 Å². The predicted octanol–water partition coefficient (Wildman–Crippen LogP) is 3.86. The zero-order valence-electron chi connectivity index (χ0n) is 17.8. The summed E-state index contributed by atoms with van der Waals surface area (Å²) in [4.78, 5) is 9.01. The Balaban J connectivity index is 1.31. The maximum Gasteiger partial charge on any atom is 0.261 e. The number of nitrogen functional groups attached to an aromatic ring is 1. The highest BCUT2D eigenvalue weighted by Gasteiger charge is 2.47. The van der Waals surface area contributed by atoms with E-state index in [2.05, 4.69) is 46.4 Å². The second kappa shape index (κ2) is 7.27. The minimum atomic E-state index is -0.308. The van der Waals surface area contributed by atoms with Crippen LogP contribution in [0.15, 0.2) is 59.5 Å². The molecule has 2 aliphatic rings. The van der Waals surface area contributed by atoms with Gasteiger partial charge in [0.05, 0.1) is 36.4 Å². The van der Waals surface area contributed by atoms with Gasteiger partial charge >= 0.3 is 0 Å². The van der Waals surface area contributed by atoms with E-state index in [1.807, 2.05) is 23.0 Å². The van der Waals surface area contributed by atoms with Crippen molar-refractivity contribution in [2.24, 2.45) is 5.92 Å². The highest BCUT2D eigenvalue weighted by atomic mass is 16.5. The molecule has 0 spiro atoms. The van der Waals surface area contributed by atoms with Crippen molar-refractivity contribution < 1.29 is 9.26 Å². The van der Waals surface area contributed by atoms with Crippen molar-refractivity contribution in [3.05, 3.63) is 66.4 Å². The van der Waals surface area contributed by atoms with E-state index in [0.29, 0.717) is 30.8 Å². The molecule has 1 aliphatic carbocycles. The number of rotatable bonds is 6. The normalized spacial score (nSPS) is 18.3. The number of anilines is 1. The largest absolute Gasteiger partial charge is 0.384 e. The first-order valence-corrected chi connectivity index (χ1v) is 10.9. The zero-order valence-corrected chi connectivity index (χ0v) is 17.8. The van der Waals surface area contributed by atoms with Crippen LogP contribution in [0.1, 0.15) is 37.2 Å². The molecule has 0 radical (unpaired) electrons. The van der Waals surface area contributed by atoms with Crippen LogP contribution in [0.3, 0.4) is 0 Å². The van der Waals surface area contributed by atoms with E-state index in [-0.39, 0.29) is 11.5 Å². The van der Waals surface area contributed by atoms with Crippen molar-refractivity contribution in [3.63, 3.8) is 0 Å². The fourth-order valence-corrected chi connectivity index (χ4v) is 4.37. The smallest absolute Gasteiger partial charge is 0.261 e. The first-order chi connectivity index (χ1) is 15.6. The quantitative estimate of drug-likeness (QED) is 0.497. The van der Waals surface area contributed by atoms with Gasteiger partial charge in [-0.1, -0.05) is 29.4 Å².